The highest BCUT2D eigenvalue weighted by molar-refractivity contribution is 5.37. The number of benzene rings is 1. The third-order valence-corrected chi connectivity index (χ3v) is 3.32. The molecule has 0 fully saturated rings. The molecule has 82 valence electrons. The summed E-state index contributed by atoms with van der Waals surface area (Å²) in [6, 6.07) is 9.16. The van der Waals surface area contributed by atoms with Gasteiger partial charge in [-0.15, -0.1) is 0 Å². The average molecular weight is 213 g/mol. The zero-order chi connectivity index (χ0) is 11.0. The maximum atomic E-state index is 4.30. The molecule has 3 nitrogen and oxygen atoms in total. The Morgan fingerprint density at radius 1 is 1.38 bits per heavy atom. The maximum absolute atomic E-state index is 4.30. The SMILES string of the molecule is CNc1cn(C2CCc3ccccc32)cn1. The van der Waals surface area contributed by atoms with E-state index in [0.717, 1.165) is 5.82 Å². The van der Waals surface area contributed by atoms with Crippen LogP contribution in [0.5, 0.6) is 0 Å². The van der Waals surface area contributed by atoms with E-state index in [1.165, 1.54) is 24.0 Å². The summed E-state index contributed by atoms with van der Waals surface area (Å²) in [6.07, 6.45) is 6.35. The van der Waals surface area contributed by atoms with Crippen molar-refractivity contribution in [2.45, 2.75) is 18.9 Å². The van der Waals surface area contributed by atoms with Crippen LogP contribution in [0.3, 0.4) is 0 Å². The van der Waals surface area contributed by atoms with Gasteiger partial charge in [-0.3, -0.25) is 0 Å². The molecule has 1 unspecified atom stereocenters. The van der Waals surface area contributed by atoms with Crippen LogP contribution in [-0.4, -0.2) is 16.6 Å². The van der Waals surface area contributed by atoms with E-state index in [1.807, 2.05) is 13.4 Å². The lowest BCUT2D eigenvalue weighted by Crippen LogP contribution is -2.04. The first-order valence-electron chi connectivity index (χ1n) is 5.67. The summed E-state index contributed by atoms with van der Waals surface area (Å²) in [4.78, 5) is 4.30. The standard InChI is InChI=1S/C13H15N3/c1-14-13-8-16(9-15-13)12-7-6-10-4-2-3-5-11(10)12/h2-5,8-9,12,14H,6-7H2,1H3. The van der Waals surface area contributed by atoms with Gasteiger partial charge in [0, 0.05) is 13.2 Å². The molecule has 0 spiro atoms. The monoisotopic (exact) mass is 213 g/mol. The van der Waals surface area contributed by atoms with E-state index in [4.69, 9.17) is 0 Å². The molecule has 1 aliphatic rings. The fourth-order valence-electron chi connectivity index (χ4n) is 2.48. The molecule has 1 aromatic carbocycles. The van der Waals surface area contributed by atoms with Crippen molar-refractivity contribution >= 4 is 5.82 Å². The van der Waals surface area contributed by atoms with Crippen LogP contribution in [0.4, 0.5) is 5.82 Å². The number of anilines is 1. The second-order valence-electron chi connectivity index (χ2n) is 4.21. The van der Waals surface area contributed by atoms with E-state index in [1.54, 1.807) is 0 Å². The fraction of sp³-hybridized carbons (Fsp3) is 0.308. The maximum Gasteiger partial charge on any atom is 0.143 e. The molecule has 2 aromatic rings. The number of fused-ring (bicyclic) bond motifs is 1. The molecule has 1 aromatic heterocycles. The van der Waals surface area contributed by atoms with Crippen LogP contribution in [0.1, 0.15) is 23.6 Å². The van der Waals surface area contributed by atoms with Crippen molar-refractivity contribution in [3.05, 3.63) is 47.9 Å². The number of nitrogens with one attached hydrogen (secondary N) is 1. The Morgan fingerprint density at radius 3 is 3.06 bits per heavy atom. The lowest BCUT2D eigenvalue weighted by Gasteiger charge is -2.12. The van der Waals surface area contributed by atoms with Gasteiger partial charge in [0.1, 0.15) is 5.82 Å². The Bertz CT molecular complexity index is 501. The van der Waals surface area contributed by atoms with Crippen LogP contribution in [0.25, 0.3) is 0 Å². The normalized spacial score (nSPS) is 18.4. The van der Waals surface area contributed by atoms with E-state index >= 15 is 0 Å². The summed E-state index contributed by atoms with van der Waals surface area (Å²) < 4.78 is 2.21. The molecule has 0 aliphatic heterocycles. The largest absolute Gasteiger partial charge is 0.372 e. The van der Waals surface area contributed by atoms with Crippen LogP contribution >= 0.6 is 0 Å². The Hall–Kier alpha value is -1.77. The third-order valence-electron chi connectivity index (χ3n) is 3.32. The lowest BCUT2D eigenvalue weighted by atomic mass is 10.1. The van der Waals surface area contributed by atoms with Gasteiger partial charge in [0.25, 0.3) is 0 Å². The molecule has 3 rings (SSSR count). The van der Waals surface area contributed by atoms with Gasteiger partial charge in [0.2, 0.25) is 0 Å². The Morgan fingerprint density at radius 2 is 2.25 bits per heavy atom. The summed E-state index contributed by atoms with van der Waals surface area (Å²) in [5, 5.41) is 3.06. The highest BCUT2D eigenvalue weighted by Crippen LogP contribution is 2.34. The van der Waals surface area contributed by atoms with Crippen LogP contribution < -0.4 is 5.32 Å². The Labute approximate surface area is 95.1 Å². The van der Waals surface area contributed by atoms with E-state index in [9.17, 15) is 0 Å². The molecular weight excluding hydrogens is 198 g/mol. The highest BCUT2D eigenvalue weighted by atomic mass is 15.1. The first-order chi connectivity index (χ1) is 7.88. The average Bonchev–Trinajstić information content (AvgIpc) is 2.94. The number of nitrogens with zero attached hydrogens (tertiary/aromatic N) is 2. The first-order valence-corrected chi connectivity index (χ1v) is 5.67. The topological polar surface area (TPSA) is 29.9 Å². The molecule has 1 aliphatic carbocycles. The number of aromatic nitrogens is 2. The predicted molar refractivity (Wildman–Crippen MR) is 64.7 cm³/mol. The third kappa shape index (κ3) is 1.40. The zero-order valence-electron chi connectivity index (χ0n) is 9.35. The van der Waals surface area contributed by atoms with Gasteiger partial charge < -0.3 is 9.88 Å². The van der Waals surface area contributed by atoms with Gasteiger partial charge in [0.05, 0.1) is 12.4 Å². The Kier molecular flexibility index (Phi) is 2.17. The second-order valence-corrected chi connectivity index (χ2v) is 4.21. The van der Waals surface area contributed by atoms with Crippen LogP contribution in [0, 0.1) is 0 Å². The van der Waals surface area contributed by atoms with Crippen molar-refractivity contribution in [2.75, 3.05) is 12.4 Å². The van der Waals surface area contributed by atoms with Gasteiger partial charge in [-0.05, 0) is 24.0 Å². The van der Waals surface area contributed by atoms with Crippen molar-refractivity contribution < 1.29 is 0 Å². The van der Waals surface area contributed by atoms with Crippen LogP contribution in [0.15, 0.2) is 36.8 Å². The smallest absolute Gasteiger partial charge is 0.143 e. The highest BCUT2D eigenvalue weighted by Gasteiger charge is 2.23. The molecule has 1 heterocycles. The van der Waals surface area contributed by atoms with Crippen molar-refractivity contribution in [1.82, 2.24) is 9.55 Å². The van der Waals surface area contributed by atoms with Crippen molar-refractivity contribution in [1.29, 1.82) is 0 Å². The van der Waals surface area contributed by atoms with Crippen molar-refractivity contribution in [3.63, 3.8) is 0 Å². The minimum atomic E-state index is 0.464. The van der Waals surface area contributed by atoms with Crippen molar-refractivity contribution in [3.8, 4) is 0 Å². The first kappa shape index (κ1) is 9.46. The number of hydrogen-bond donors (Lipinski definition) is 1. The number of rotatable bonds is 2. The quantitative estimate of drug-likeness (QED) is 0.830. The van der Waals surface area contributed by atoms with Crippen LogP contribution in [0.2, 0.25) is 0 Å². The Balaban J connectivity index is 1.98. The van der Waals surface area contributed by atoms with Crippen molar-refractivity contribution in [2.24, 2.45) is 0 Å². The molecule has 0 saturated carbocycles. The summed E-state index contributed by atoms with van der Waals surface area (Å²) >= 11 is 0. The zero-order valence-corrected chi connectivity index (χ0v) is 9.35. The van der Waals surface area contributed by atoms with E-state index < -0.39 is 0 Å². The van der Waals surface area contributed by atoms with E-state index in [0.29, 0.717) is 6.04 Å². The number of aryl methyl sites for hydroxylation is 1. The van der Waals surface area contributed by atoms with Gasteiger partial charge >= 0.3 is 0 Å². The summed E-state index contributed by atoms with van der Waals surface area (Å²) in [7, 11) is 1.90. The molecule has 1 N–H and O–H groups in total. The number of imidazole rings is 1. The predicted octanol–water partition coefficient (Wildman–Crippen LogP) is 2.46. The van der Waals surface area contributed by atoms with Crippen LogP contribution in [-0.2, 0) is 6.42 Å². The molecule has 3 heteroatoms. The lowest BCUT2D eigenvalue weighted by molar-refractivity contribution is 0.579. The second kappa shape index (κ2) is 3.67. The molecule has 0 radical (unpaired) electrons. The van der Waals surface area contributed by atoms with Gasteiger partial charge in [-0.2, -0.15) is 0 Å². The van der Waals surface area contributed by atoms with Gasteiger partial charge in [-0.1, -0.05) is 24.3 Å². The van der Waals surface area contributed by atoms with E-state index in [2.05, 4.69) is 45.3 Å². The minimum Gasteiger partial charge on any atom is -0.372 e. The minimum absolute atomic E-state index is 0.464. The fourth-order valence-corrected chi connectivity index (χ4v) is 2.48. The molecule has 0 saturated heterocycles. The number of hydrogen-bond acceptors (Lipinski definition) is 2. The molecule has 0 amide bonds. The van der Waals surface area contributed by atoms with Gasteiger partial charge in [0.15, 0.2) is 0 Å². The van der Waals surface area contributed by atoms with Gasteiger partial charge in [-0.25, -0.2) is 4.98 Å². The van der Waals surface area contributed by atoms with E-state index in [-0.39, 0.29) is 0 Å². The molecule has 0 bridgehead atoms. The molecule has 16 heavy (non-hydrogen) atoms. The molecular formula is C13H15N3. The summed E-state index contributed by atoms with van der Waals surface area (Å²) in [6.45, 7) is 0. The summed E-state index contributed by atoms with van der Waals surface area (Å²) in [5.41, 5.74) is 2.93. The summed E-state index contributed by atoms with van der Waals surface area (Å²) in [5.74, 6) is 0.935. The molecule has 1 atom stereocenters.